The average Bonchev–Trinajstić information content (AvgIpc) is 2.77. The van der Waals surface area contributed by atoms with Crippen molar-refractivity contribution in [3.63, 3.8) is 0 Å². The number of furan rings is 1. The van der Waals surface area contributed by atoms with Gasteiger partial charge >= 0.3 is 0 Å². The summed E-state index contributed by atoms with van der Waals surface area (Å²) in [5.74, 6) is 2.97. The van der Waals surface area contributed by atoms with Gasteiger partial charge in [0.1, 0.15) is 18.1 Å². The summed E-state index contributed by atoms with van der Waals surface area (Å²) in [5.41, 5.74) is 6.61. The molecular formula is C14H17NO3. The van der Waals surface area contributed by atoms with Gasteiger partial charge in [-0.15, -0.1) is 0 Å². The summed E-state index contributed by atoms with van der Waals surface area (Å²) >= 11 is 0. The Balaban J connectivity index is 2.06. The summed E-state index contributed by atoms with van der Waals surface area (Å²) in [5, 5.41) is 0. The molecule has 0 saturated carbocycles. The molecular weight excluding hydrogens is 230 g/mol. The van der Waals surface area contributed by atoms with E-state index in [9.17, 15) is 0 Å². The van der Waals surface area contributed by atoms with Crippen molar-refractivity contribution in [2.75, 3.05) is 7.11 Å². The van der Waals surface area contributed by atoms with Gasteiger partial charge in [0.15, 0.2) is 11.5 Å². The average molecular weight is 247 g/mol. The van der Waals surface area contributed by atoms with Crippen molar-refractivity contribution in [2.24, 2.45) is 5.73 Å². The van der Waals surface area contributed by atoms with Crippen LogP contribution in [0.5, 0.6) is 11.5 Å². The van der Waals surface area contributed by atoms with Crippen LogP contribution in [0.4, 0.5) is 0 Å². The fourth-order valence-corrected chi connectivity index (χ4v) is 1.75. The molecule has 96 valence electrons. The number of hydrogen-bond donors (Lipinski definition) is 1. The van der Waals surface area contributed by atoms with Crippen LogP contribution >= 0.6 is 0 Å². The van der Waals surface area contributed by atoms with Crippen LogP contribution in [0.25, 0.3) is 0 Å². The number of nitrogens with two attached hydrogens (primary N) is 1. The Bertz CT molecular complexity index is 520. The van der Waals surface area contributed by atoms with Gasteiger partial charge < -0.3 is 19.6 Å². The summed E-state index contributed by atoms with van der Waals surface area (Å²) in [4.78, 5) is 0. The van der Waals surface area contributed by atoms with Gasteiger partial charge in [0, 0.05) is 0 Å². The van der Waals surface area contributed by atoms with E-state index in [-0.39, 0.29) is 0 Å². The molecule has 0 amide bonds. The van der Waals surface area contributed by atoms with E-state index in [1.807, 2.05) is 37.3 Å². The molecule has 0 aliphatic carbocycles. The van der Waals surface area contributed by atoms with E-state index < -0.39 is 0 Å². The minimum Gasteiger partial charge on any atom is -0.493 e. The smallest absolute Gasteiger partial charge is 0.161 e. The highest BCUT2D eigenvalue weighted by molar-refractivity contribution is 5.39. The van der Waals surface area contributed by atoms with Crippen molar-refractivity contribution in [3.8, 4) is 11.5 Å². The molecule has 1 heterocycles. The molecule has 0 unspecified atom stereocenters. The molecule has 18 heavy (non-hydrogen) atoms. The fraction of sp³-hybridized carbons (Fsp3) is 0.286. The zero-order valence-corrected chi connectivity index (χ0v) is 10.6. The minimum absolute atomic E-state index is 0.362. The third-order valence-electron chi connectivity index (χ3n) is 2.70. The van der Waals surface area contributed by atoms with E-state index in [4.69, 9.17) is 19.6 Å². The number of benzene rings is 1. The van der Waals surface area contributed by atoms with Crippen molar-refractivity contribution in [1.29, 1.82) is 0 Å². The van der Waals surface area contributed by atoms with E-state index in [0.29, 0.717) is 24.7 Å². The molecule has 4 nitrogen and oxygen atoms in total. The highest BCUT2D eigenvalue weighted by Crippen LogP contribution is 2.27. The number of hydrogen-bond acceptors (Lipinski definition) is 4. The van der Waals surface area contributed by atoms with Crippen molar-refractivity contribution in [2.45, 2.75) is 20.1 Å². The van der Waals surface area contributed by atoms with Crippen LogP contribution in [0.2, 0.25) is 0 Å². The molecule has 0 aliphatic rings. The maximum atomic E-state index is 5.67. The van der Waals surface area contributed by atoms with Gasteiger partial charge in [-0.2, -0.15) is 0 Å². The molecule has 2 rings (SSSR count). The van der Waals surface area contributed by atoms with Crippen LogP contribution < -0.4 is 15.2 Å². The third kappa shape index (κ3) is 2.65. The molecule has 0 bridgehead atoms. The zero-order chi connectivity index (χ0) is 13.0. The number of rotatable bonds is 5. The predicted molar refractivity (Wildman–Crippen MR) is 68.7 cm³/mol. The van der Waals surface area contributed by atoms with Crippen LogP contribution in [0.15, 0.2) is 34.7 Å². The van der Waals surface area contributed by atoms with Crippen LogP contribution in [0.3, 0.4) is 0 Å². The van der Waals surface area contributed by atoms with E-state index >= 15 is 0 Å². The summed E-state index contributed by atoms with van der Waals surface area (Å²) in [6.45, 7) is 2.74. The summed E-state index contributed by atoms with van der Waals surface area (Å²) in [6.07, 6.45) is 0. The summed E-state index contributed by atoms with van der Waals surface area (Å²) < 4.78 is 16.4. The quantitative estimate of drug-likeness (QED) is 0.882. The van der Waals surface area contributed by atoms with Gasteiger partial charge in [0.2, 0.25) is 0 Å². The van der Waals surface area contributed by atoms with E-state index in [1.165, 1.54) is 0 Å². The lowest BCUT2D eigenvalue weighted by atomic mass is 10.2. The highest BCUT2D eigenvalue weighted by Gasteiger charge is 2.08. The molecule has 0 atom stereocenters. The normalized spacial score (nSPS) is 10.4. The number of methoxy groups -OCH3 is 1. The number of para-hydroxylation sites is 2. The van der Waals surface area contributed by atoms with Crippen LogP contribution in [-0.2, 0) is 13.2 Å². The minimum atomic E-state index is 0.362. The molecule has 0 spiro atoms. The largest absolute Gasteiger partial charge is 0.493 e. The van der Waals surface area contributed by atoms with Crippen molar-refractivity contribution >= 4 is 0 Å². The SMILES string of the molecule is COc1ccccc1OCc1cc(C)c(CN)o1. The second-order valence-electron chi connectivity index (χ2n) is 3.96. The lowest BCUT2D eigenvalue weighted by Gasteiger charge is -2.08. The topological polar surface area (TPSA) is 57.6 Å². The molecule has 0 fully saturated rings. The first-order valence-corrected chi connectivity index (χ1v) is 5.78. The van der Waals surface area contributed by atoms with Gasteiger partial charge in [-0.25, -0.2) is 0 Å². The monoisotopic (exact) mass is 247 g/mol. The predicted octanol–water partition coefficient (Wildman–Crippen LogP) is 2.63. The zero-order valence-electron chi connectivity index (χ0n) is 10.6. The maximum Gasteiger partial charge on any atom is 0.161 e. The van der Waals surface area contributed by atoms with Crippen LogP contribution in [0.1, 0.15) is 17.1 Å². The first kappa shape index (κ1) is 12.5. The molecule has 0 aliphatic heterocycles. The van der Waals surface area contributed by atoms with Crippen molar-refractivity contribution in [1.82, 2.24) is 0 Å². The van der Waals surface area contributed by atoms with Gasteiger partial charge in [0.25, 0.3) is 0 Å². The lowest BCUT2D eigenvalue weighted by molar-refractivity contribution is 0.253. The lowest BCUT2D eigenvalue weighted by Crippen LogP contribution is -1.97. The molecule has 2 aromatic rings. The van der Waals surface area contributed by atoms with Crippen LogP contribution in [-0.4, -0.2) is 7.11 Å². The Hall–Kier alpha value is -1.94. The molecule has 4 heteroatoms. The van der Waals surface area contributed by atoms with Crippen molar-refractivity contribution < 1.29 is 13.9 Å². The summed E-state index contributed by atoms with van der Waals surface area (Å²) in [6, 6.07) is 9.45. The summed E-state index contributed by atoms with van der Waals surface area (Å²) in [7, 11) is 1.62. The Morgan fingerprint density at radius 1 is 1.22 bits per heavy atom. The number of aryl methyl sites for hydroxylation is 1. The van der Waals surface area contributed by atoms with E-state index in [1.54, 1.807) is 7.11 Å². The Labute approximate surface area is 106 Å². The molecule has 0 radical (unpaired) electrons. The second-order valence-corrected chi connectivity index (χ2v) is 3.96. The third-order valence-corrected chi connectivity index (χ3v) is 2.70. The van der Waals surface area contributed by atoms with Crippen LogP contribution in [0, 0.1) is 6.92 Å². The van der Waals surface area contributed by atoms with E-state index in [2.05, 4.69) is 0 Å². The molecule has 1 aromatic carbocycles. The molecule has 0 saturated heterocycles. The first-order chi connectivity index (χ1) is 8.74. The van der Waals surface area contributed by atoms with Gasteiger partial charge in [-0.3, -0.25) is 0 Å². The van der Waals surface area contributed by atoms with E-state index in [0.717, 1.165) is 17.1 Å². The Morgan fingerprint density at radius 3 is 2.56 bits per heavy atom. The Kier molecular flexibility index (Phi) is 3.89. The van der Waals surface area contributed by atoms with Gasteiger partial charge in [-0.1, -0.05) is 12.1 Å². The second kappa shape index (κ2) is 5.60. The number of ether oxygens (including phenoxy) is 2. The highest BCUT2D eigenvalue weighted by atomic mass is 16.5. The first-order valence-electron chi connectivity index (χ1n) is 5.78. The molecule has 1 aromatic heterocycles. The molecule has 2 N–H and O–H groups in total. The Morgan fingerprint density at radius 2 is 1.94 bits per heavy atom. The standard InChI is InChI=1S/C14H17NO3/c1-10-7-11(18-14(10)8-15)9-17-13-6-4-3-5-12(13)16-2/h3-7H,8-9,15H2,1-2H3. The van der Waals surface area contributed by atoms with Gasteiger partial charge in [0.05, 0.1) is 13.7 Å². The van der Waals surface area contributed by atoms with Gasteiger partial charge in [-0.05, 0) is 30.7 Å². The fourth-order valence-electron chi connectivity index (χ4n) is 1.75. The van der Waals surface area contributed by atoms with Crippen molar-refractivity contribution in [3.05, 3.63) is 47.4 Å². The maximum absolute atomic E-state index is 5.67.